The van der Waals surface area contributed by atoms with Crippen molar-refractivity contribution in [2.45, 2.75) is 20.4 Å². The lowest BCUT2D eigenvalue weighted by Crippen LogP contribution is -2.24. The Kier molecular flexibility index (Phi) is 2.55. The van der Waals surface area contributed by atoms with Gasteiger partial charge in [-0.05, 0) is 19.9 Å². The average molecular weight is 235 g/mol. The molecule has 0 atom stereocenters. The molecule has 0 saturated heterocycles. The van der Waals surface area contributed by atoms with Crippen LogP contribution in [0.2, 0.25) is 0 Å². The van der Waals surface area contributed by atoms with Gasteiger partial charge in [0, 0.05) is 11.4 Å². The quantitative estimate of drug-likeness (QED) is 0.809. The highest BCUT2D eigenvalue weighted by Crippen LogP contribution is 2.27. The molecule has 2 rings (SSSR count). The van der Waals surface area contributed by atoms with Crippen LogP contribution in [0.15, 0.2) is 23.0 Å². The monoisotopic (exact) mass is 235 g/mol. The minimum Gasteiger partial charge on any atom is -0.383 e. The third-order valence-electron chi connectivity index (χ3n) is 2.23. The fourth-order valence-electron chi connectivity index (χ4n) is 1.61. The van der Waals surface area contributed by atoms with E-state index in [1.54, 1.807) is 15.9 Å². The van der Waals surface area contributed by atoms with E-state index in [-0.39, 0.29) is 5.69 Å². The Morgan fingerprint density at radius 1 is 1.69 bits per heavy atom. The smallest absolute Gasteiger partial charge is 0.350 e. The first-order chi connectivity index (χ1) is 7.49. The second-order valence-corrected chi connectivity index (χ2v) is 5.13. The number of allylic oxidation sites excluding steroid dienone is 1. The Labute approximate surface area is 97.0 Å². The van der Waals surface area contributed by atoms with Gasteiger partial charge in [-0.2, -0.15) is 4.98 Å². The van der Waals surface area contributed by atoms with E-state index in [1.807, 2.05) is 19.9 Å². The van der Waals surface area contributed by atoms with Crippen LogP contribution in [-0.4, -0.2) is 9.55 Å². The Hall–Kier alpha value is -1.62. The van der Waals surface area contributed by atoms with Crippen molar-refractivity contribution in [3.05, 3.63) is 33.6 Å². The molecule has 2 aromatic rings. The molecule has 0 aliphatic carbocycles. The highest BCUT2D eigenvalue weighted by atomic mass is 32.1. The van der Waals surface area contributed by atoms with Crippen molar-refractivity contribution < 1.29 is 0 Å². The van der Waals surface area contributed by atoms with Gasteiger partial charge in [0.05, 0.1) is 5.39 Å². The van der Waals surface area contributed by atoms with E-state index in [1.165, 1.54) is 0 Å². The molecular weight excluding hydrogens is 222 g/mol. The normalized spacial score (nSPS) is 10.9. The van der Waals surface area contributed by atoms with Crippen molar-refractivity contribution in [3.63, 3.8) is 0 Å². The molecule has 0 unspecified atom stereocenters. The van der Waals surface area contributed by atoms with Gasteiger partial charge in [0.25, 0.3) is 0 Å². The van der Waals surface area contributed by atoms with Gasteiger partial charge in [0.15, 0.2) is 0 Å². The van der Waals surface area contributed by atoms with Gasteiger partial charge in [-0.3, -0.25) is 4.57 Å². The third kappa shape index (κ3) is 1.74. The zero-order chi connectivity index (χ0) is 11.9. The lowest BCUT2D eigenvalue weighted by Gasteiger charge is -2.06. The molecule has 2 N–H and O–H groups in total. The van der Waals surface area contributed by atoms with Gasteiger partial charge in [-0.15, -0.1) is 11.3 Å². The number of hydrogen-bond acceptors (Lipinski definition) is 4. The highest BCUT2D eigenvalue weighted by molar-refractivity contribution is 7.18. The van der Waals surface area contributed by atoms with Crippen LogP contribution in [0.25, 0.3) is 10.2 Å². The Morgan fingerprint density at radius 3 is 3.00 bits per heavy atom. The summed E-state index contributed by atoms with van der Waals surface area (Å²) in [4.78, 5) is 17.5. The van der Waals surface area contributed by atoms with Crippen LogP contribution in [0.3, 0.4) is 0 Å². The Morgan fingerprint density at radius 2 is 2.38 bits per heavy atom. The lowest BCUT2D eigenvalue weighted by atomic mass is 10.3. The van der Waals surface area contributed by atoms with Crippen molar-refractivity contribution in [2.75, 3.05) is 5.73 Å². The molecular formula is C11H13N3OS. The zero-order valence-corrected chi connectivity index (χ0v) is 10.1. The highest BCUT2D eigenvalue weighted by Gasteiger charge is 2.10. The van der Waals surface area contributed by atoms with Crippen LogP contribution in [0.5, 0.6) is 0 Å². The van der Waals surface area contributed by atoms with Gasteiger partial charge in [0.2, 0.25) is 0 Å². The molecule has 0 radical (unpaired) electrons. The number of hydrogen-bond donors (Lipinski definition) is 1. The molecule has 0 amide bonds. The zero-order valence-electron chi connectivity index (χ0n) is 9.28. The number of nitrogens with two attached hydrogens (primary N) is 1. The molecule has 16 heavy (non-hydrogen) atoms. The molecule has 4 nitrogen and oxygen atoms in total. The SMILES string of the molecule is C=C(C)Cn1c(=O)nc(N)c2cc(C)sc21. The van der Waals surface area contributed by atoms with Crippen LogP contribution in [0.1, 0.15) is 11.8 Å². The number of nitrogens with zero attached hydrogens (tertiary/aromatic N) is 2. The van der Waals surface area contributed by atoms with Crippen molar-refractivity contribution in [1.82, 2.24) is 9.55 Å². The number of aromatic nitrogens is 2. The van der Waals surface area contributed by atoms with E-state index in [9.17, 15) is 4.79 Å². The molecule has 2 heterocycles. The minimum absolute atomic E-state index is 0.308. The van der Waals surface area contributed by atoms with Crippen LogP contribution in [0.4, 0.5) is 5.82 Å². The summed E-state index contributed by atoms with van der Waals surface area (Å²) < 4.78 is 1.62. The fraction of sp³-hybridized carbons (Fsp3) is 0.273. The van der Waals surface area contributed by atoms with Gasteiger partial charge >= 0.3 is 5.69 Å². The maximum Gasteiger partial charge on any atom is 0.350 e. The number of anilines is 1. The number of fused-ring (bicyclic) bond motifs is 1. The average Bonchev–Trinajstić information content (AvgIpc) is 2.54. The van der Waals surface area contributed by atoms with E-state index in [2.05, 4.69) is 11.6 Å². The van der Waals surface area contributed by atoms with E-state index in [0.717, 1.165) is 20.7 Å². The molecule has 0 fully saturated rings. The van der Waals surface area contributed by atoms with E-state index < -0.39 is 0 Å². The minimum atomic E-state index is -0.310. The molecule has 0 aliphatic rings. The number of nitrogen functional groups attached to an aromatic ring is 1. The van der Waals surface area contributed by atoms with Crippen LogP contribution in [-0.2, 0) is 6.54 Å². The molecule has 0 saturated carbocycles. The van der Waals surface area contributed by atoms with E-state index in [4.69, 9.17) is 5.73 Å². The topological polar surface area (TPSA) is 60.9 Å². The fourth-order valence-corrected chi connectivity index (χ4v) is 2.61. The summed E-state index contributed by atoms with van der Waals surface area (Å²) in [5, 5.41) is 0.850. The summed E-state index contributed by atoms with van der Waals surface area (Å²) in [5.74, 6) is 0.308. The summed E-state index contributed by atoms with van der Waals surface area (Å²) in [6.07, 6.45) is 0. The summed E-state index contributed by atoms with van der Waals surface area (Å²) in [6, 6.07) is 1.96. The number of thiophene rings is 1. The van der Waals surface area contributed by atoms with Crippen LogP contribution >= 0.6 is 11.3 Å². The second-order valence-electron chi connectivity index (χ2n) is 3.90. The second kappa shape index (κ2) is 3.75. The maximum atomic E-state index is 11.7. The maximum absolute atomic E-state index is 11.7. The molecule has 84 valence electrons. The third-order valence-corrected chi connectivity index (χ3v) is 3.31. The summed E-state index contributed by atoms with van der Waals surface area (Å²) in [6.45, 7) is 8.17. The first-order valence-corrected chi connectivity index (χ1v) is 5.71. The van der Waals surface area contributed by atoms with Gasteiger partial charge in [-0.25, -0.2) is 4.79 Å². The van der Waals surface area contributed by atoms with Crippen molar-refractivity contribution in [2.24, 2.45) is 0 Å². The summed E-state index contributed by atoms with van der Waals surface area (Å²) in [5.41, 5.74) is 6.34. The van der Waals surface area contributed by atoms with Crippen LogP contribution < -0.4 is 11.4 Å². The summed E-state index contributed by atoms with van der Waals surface area (Å²) in [7, 11) is 0. The first-order valence-electron chi connectivity index (χ1n) is 4.90. The van der Waals surface area contributed by atoms with E-state index in [0.29, 0.717) is 12.4 Å². The predicted octanol–water partition coefficient (Wildman–Crippen LogP) is 1.92. The van der Waals surface area contributed by atoms with E-state index >= 15 is 0 Å². The first kappa shape index (κ1) is 10.9. The number of aryl methyl sites for hydroxylation is 1. The lowest BCUT2D eigenvalue weighted by molar-refractivity contribution is 0.759. The molecule has 0 bridgehead atoms. The summed E-state index contributed by atoms with van der Waals surface area (Å²) >= 11 is 1.55. The molecule has 2 aromatic heterocycles. The van der Waals surface area contributed by atoms with Gasteiger partial charge in [-0.1, -0.05) is 12.2 Å². The standard InChI is InChI=1S/C11H13N3OS/c1-6(2)5-14-10-8(4-7(3)16-10)9(12)13-11(14)15/h4H,1,5H2,2-3H3,(H2,12,13,15). The van der Waals surface area contributed by atoms with Gasteiger partial charge < -0.3 is 5.73 Å². The van der Waals surface area contributed by atoms with Crippen molar-refractivity contribution in [1.29, 1.82) is 0 Å². The molecule has 0 spiro atoms. The Balaban J connectivity index is 2.80. The largest absolute Gasteiger partial charge is 0.383 e. The van der Waals surface area contributed by atoms with Crippen LogP contribution in [0, 0.1) is 6.92 Å². The molecule has 0 aromatic carbocycles. The molecule has 5 heteroatoms. The predicted molar refractivity (Wildman–Crippen MR) is 67.8 cm³/mol. The molecule has 0 aliphatic heterocycles. The number of rotatable bonds is 2. The van der Waals surface area contributed by atoms with Gasteiger partial charge in [0.1, 0.15) is 10.6 Å². The van der Waals surface area contributed by atoms with Crippen molar-refractivity contribution in [3.8, 4) is 0 Å². The van der Waals surface area contributed by atoms with Crippen molar-refractivity contribution >= 4 is 27.4 Å². The Bertz CT molecular complexity index is 624.